The van der Waals surface area contributed by atoms with Crippen molar-refractivity contribution in [3.05, 3.63) is 48.0 Å². The second-order valence-electron chi connectivity index (χ2n) is 5.31. The molecule has 1 aliphatic rings. The van der Waals surface area contributed by atoms with Crippen LogP contribution in [0, 0.1) is 5.92 Å². The Bertz CT molecular complexity index is 585. The summed E-state index contributed by atoms with van der Waals surface area (Å²) in [5, 5.41) is 5.75. The third-order valence-corrected chi connectivity index (χ3v) is 4.04. The van der Waals surface area contributed by atoms with Gasteiger partial charge in [-0.15, -0.1) is 12.4 Å². The lowest BCUT2D eigenvalue weighted by molar-refractivity contribution is -0.122. The van der Waals surface area contributed by atoms with Gasteiger partial charge in [0.2, 0.25) is 0 Å². The number of hydrogen-bond acceptors (Lipinski definition) is 2. The lowest BCUT2D eigenvalue weighted by Crippen LogP contribution is -2.32. The largest absolute Gasteiger partial charge is 0.317 e. The minimum atomic E-state index is 0. The maximum Gasteiger partial charge on any atom is 0.140 e. The average Bonchev–Trinajstić information content (AvgIpc) is 2.48. The van der Waals surface area contributed by atoms with Crippen LogP contribution in [0.5, 0.6) is 0 Å². The van der Waals surface area contributed by atoms with Crippen LogP contribution in [0.4, 0.5) is 0 Å². The Morgan fingerprint density at radius 1 is 1.05 bits per heavy atom. The van der Waals surface area contributed by atoms with Crippen LogP contribution in [-0.2, 0) is 11.2 Å². The molecule has 0 unspecified atom stereocenters. The molecule has 2 aromatic carbocycles. The van der Waals surface area contributed by atoms with Gasteiger partial charge in [0, 0.05) is 12.3 Å². The minimum Gasteiger partial charge on any atom is -0.317 e. The molecule has 1 saturated heterocycles. The molecule has 1 heterocycles. The maximum atomic E-state index is 12.4. The van der Waals surface area contributed by atoms with Crippen molar-refractivity contribution in [2.45, 2.75) is 19.3 Å². The number of hydrogen-bond donors (Lipinski definition) is 1. The lowest BCUT2D eigenvalue weighted by Gasteiger charge is -2.21. The normalized spacial score (nSPS) is 15.8. The zero-order chi connectivity index (χ0) is 13.1. The first-order valence-corrected chi connectivity index (χ1v) is 7.04. The Labute approximate surface area is 126 Å². The molecule has 1 aliphatic heterocycles. The van der Waals surface area contributed by atoms with Gasteiger partial charge in [0.25, 0.3) is 0 Å². The zero-order valence-corrected chi connectivity index (χ0v) is 12.3. The predicted octanol–water partition coefficient (Wildman–Crippen LogP) is 3.37. The van der Waals surface area contributed by atoms with Gasteiger partial charge in [-0.05, 0) is 42.3 Å². The predicted molar refractivity (Wildman–Crippen MR) is 85.5 cm³/mol. The lowest BCUT2D eigenvalue weighted by atomic mass is 9.89. The summed E-state index contributed by atoms with van der Waals surface area (Å²) >= 11 is 0. The molecule has 3 heteroatoms. The number of halogens is 1. The van der Waals surface area contributed by atoms with Crippen molar-refractivity contribution >= 4 is 29.0 Å². The Balaban J connectivity index is 0.00000147. The van der Waals surface area contributed by atoms with Gasteiger partial charge in [-0.25, -0.2) is 0 Å². The van der Waals surface area contributed by atoms with Crippen LogP contribution in [0.2, 0.25) is 0 Å². The molecular formula is C17H20ClNO. The highest BCUT2D eigenvalue weighted by molar-refractivity contribution is 5.91. The number of benzene rings is 2. The summed E-state index contributed by atoms with van der Waals surface area (Å²) in [6.07, 6.45) is 2.55. The third-order valence-electron chi connectivity index (χ3n) is 4.04. The van der Waals surface area contributed by atoms with E-state index in [2.05, 4.69) is 29.6 Å². The van der Waals surface area contributed by atoms with E-state index < -0.39 is 0 Å². The molecule has 0 aliphatic carbocycles. The number of carbonyl (C=O) groups excluding carboxylic acids is 1. The molecule has 2 aromatic rings. The van der Waals surface area contributed by atoms with Gasteiger partial charge in [0.15, 0.2) is 0 Å². The summed E-state index contributed by atoms with van der Waals surface area (Å²) in [5.74, 6) is 0.651. The van der Waals surface area contributed by atoms with Gasteiger partial charge in [-0.3, -0.25) is 4.79 Å². The van der Waals surface area contributed by atoms with Crippen LogP contribution in [0.1, 0.15) is 18.4 Å². The van der Waals surface area contributed by atoms with Crippen LogP contribution in [0.15, 0.2) is 42.5 Å². The van der Waals surface area contributed by atoms with Gasteiger partial charge in [0.05, 0.1) is 0 Å². The van der Waals surface area contributed by atoms with E-state index in [0.29, 0.717) is 12.2 Å². The maximum absolute atomic E-state index is 12.4. The summed E-state index contributed by atoms with van der Waals surface area (Å²) < 4.78 is 0. The Morgan fingerprint density at radius 2 is 1.75 bits per heavy atom. The van der Waals surface area contributed by atoms with Crippen molar-refractivity contribution in [3.63, 3.8) is 0 Å². The molecule has 0 radical (unpaired) electrons. The molecule has 0 atom stereocenters. The Kier molecular flexibility index (Phi) is 5.16. The molecule has 2 nitrogen and oxygen atoms in total. The van der Waals surface area contributed by atoms with Crippen molar-refractivity contribution in [1.82, 2.24) is 5.32 Å². The summed E-state index contributed by atoms with van der Waals surface area (Å²) in [7, 11) is 0. The van der Waals surface area contributed by atoms with Crippen LogP contribution in [0.3, 0.4) is 0 Å². The number of carbonyl (C=O) groups is 1. The number of piperidine rings is 1. The monoisotopic (exact) mass is 289 g/mol. The van der Waals surface area contributed by atoms with Crippen molar-refractivity contribution < 1.29 is 4.79 Å². The van der Waals surface area contributed by atoms with E-state index in [9.17, 15) is 4.79 Å². The Morgan fingerprint density at radius 3 is 2.55 bits per heavy atom. The topological polar surface area (TPSA) is 29.1 Å². The van der Waals surface area contributed by atoms with Crippen molar-refractivity contribution in [2.75, 3.05) is 13.1 Å². The first kappa shape index (κ1) is 15.0. The van der Waals surface area contributed by atoms with Crippen LogP contribution < -0.4 is 5.32 Å². The van der Waals surface area contributed by atoms with Gasteiger partial charge >= 0.3 is 0 Å². The Hall–Kier alpha value is -1.38. The van der Waals surface area contributed by atoms with Gasteiger partial charge in [0.1, 0.15) is 5.78 Å². The fraction of sp³-hybridized carbons (Fsp3) is 0.353. The smallest absolute Gasteiger partial charge is 0.140 e. The number of Topliss-reactive ketones (excluding diaryl/α,β-unsaturated/α-hetero) is 1. The third kappa shape index (κ3) is 3.20. The van der Waals surface area contributed by atoms with E-state index in [1.807, 2.05) is 18.2 Å². The van der Waals surface area contributed by atoms with Crippen LogP contribution in [0.25, 0.3) is 10.8 Å². The molecule has 0 saturated carbocycles. The SMILES string of the molecule is Cl.O=C(Cc1cccc2ccccc12)C1CCNCC1. The molecule has 1 fully saturated rings. The number of nitrogens with one attached hydrogen (secondary N) is 1. The van der Waals surface area contributed by atoms with Gasteiger partial charge in [-0.2, -0.15) is 0 Å². The number of ketones is 1. The molecule has 0 amide bonds. The van der Waals surface area contributed by atoms with Crippen LogP contribution in [-0.4, -0.2) is 18.9 Å². The number of fused-ring (bicyclic) bond motifs is 1. The molecule has 0 spiro atoms. The van der Waals surface area contributed by atoms with E-state index in [-0.39, 0.29) is 18.3 Å². The van der Waals surface area contributed by atoms with Crippen LogP contribution >= 0.6 is 12.4 Å². The summed E-state index contributed by atoms with van der Waals surface area (Å²) in [6.45, 7) is 1.96. The summed E-state index contributed by atoms with van der Waals surface area (Å²) in [4.78, 5) is 12.4. The van der Waals surface area contributed by atoms with E-state index >= 15 is 0 Å². The molecule has 3 rings (SSSR count). The molecule has 106 valence electrons. The standard InChI is InChI=1S/C17H19NO.ClH/c19-17(14-8-10-18-11-9-14)12-15-6-3-5-13-4-1-2-7-16(13)15;/h1-7,14,18H,8-12H2;1H. The van der Waals surface area contributed by atoms with E-state index in [0.717, 1.165) is 25.9 Å². The van der Waals surface area contributed by atoms with Gasteiger partial charge < -0.3 is 5.32 Å². The van der Waals surface area contributed by atoms with Gasteiger partial charge in [-0.1, -0.05) is 42.5 Å². The summed E-state index contributed by atoms with van der Waals surface area (Å²) in [6, 6.07) is 14.5. The summed E-state index contributed by atoms with van der Waals surface area (Å²) in [5.41, 5.74) is 1.17. The zero-order valence-electron chi connectivity index (χ0n) is 11.5. The first-order valence-electron chi connectivity index (χ1n) is 7.04. The van der Waals surface area contributed by atoms with Crippen molar-refractivity contribution in [3.8, 4) is 0 Å². The minimum absolute atomic E-state index is 0. The quantitative estimate of drug-likeness (QED) is 0.939. The molecular weight excluding hydrogens is 270 g/mol. The second kappa shape index (κ2) is 6.87. The first-order chi connectivity index (χ1) is 9.34. The molecule has 0 aromatic heterocycles. The second-order valence-corrected chi connectivity index (χ2v) is 5.31. The fourth-order valence-electron chi connectivity index (χ4n) is 2.92. The average molecular weight is 290 g/mol. The van der Waals surface area contributed by atoms with Crippen molar-refractivity contribution in [1.29, 1.82) is 0 Å². The highest BCUT2D eigenvalue weighted by Gasteiger charge is 2.21. The van der Waals surface area contributed by atoms with E-state index in [1.54, 1.807) is 0 Å². The molecule has 0 bridgehead atoms. The van der Waals surface area contributed by atoms with Crippen molar-refractivity contribution in [2.24, 2.45) is 5.92 Å². The molecule has 20 heavy (non-hydrogen) atoms. The highest BCUT2D eigenvalue weighted by atomic mass is 35.5. The number of rotatable bonds is 3. The highest BCUT2D eigenvalue weighted by Crippen LogP contribution is 2.22. The molecule has 1 N–H and O–H groups in total. The van der Waals surface area contributed by atoms with E-state index in [1.165, 1.54) is 16.3 Å². The van der Waals surface area contributed by atoms with E-state index in [4.69, 9.17) is 0 Å². The fourth-order valence-corrected chi connectivity index (χ4v) is 2.92.